The molecule has 30 heavy (non-hydrogen) atoms. The van der Waals surface area contributed by atoms with Crippen molar-refractivity contribution in [2.24, 2.45) is 23.7 Å². The van der Waals surface area contributed by atoms with E-state index in [1.807, 2.05) is 0 Å². The Morgan fingerprint density at radius 2 is 1.50 bits per heavy atom. The topological polar surface area (TPSA) is 18.5 Å². The summed E-state index contributed by atoms with van der Waals surface area (Å²) in [6.45, 7) is -1.23. The van der Waals surface area contributed by atoms with E-state index in [1.165, 1.54) is 6.08 Å². The van der Waals surface area contributed by atoms with Gasteiger partial charge in [-0.05, 0) is 49.9 Å². The van der Waals surface area contributed by atoms with Crippen LogP contribution in [0.3, 0.4) is 0 Å². The Morgan fingerprint density at radius 3 is 2.07 bits per heavy atom. The minimum Gasteiger partial charge on any atom is -0.352 e. The maximum atomic E-state index is 15.6. The predicted octanol–water partition coefficient (Wildman–Crippen LogP) is 6.50. The molecule has 3 fully saturated rings. The highest BCUT2D eigenvalue weighted by Gasteiger charge is 2.84. The minimum atomic E-state index is -5.97. The lowest BCUT2D eigenvalue weighted by molar-refractivity contribution is -0.430. The third kappa shape index (κ3) is 3.48. The van der Waals surface area contributed by atoms with Crippen LogP contribution in [0.2, 0.25) is 0 Å². The van der Waals surface area contributed by atoms with Crippen molar-refractivity contribution in [2.75, 3.05) is 6.79 Å². The van der Waals surface area contributed by atoms with Gasteiger partial charge in [-0.1, -0.05) is 37.8 Å². The van der Waals surface area contributed by atoms with Gasteiger partial charge in [-0.25, -0.2) is 4.39 Å². The smallest absolute Gasteiger partial charge is 0.352 e. The average molecular weight is 444 g/mol. The summed E-state index contributed by atoms with van der Waals surface area (Å²) in [6, 6.07) is 0. The van der Waals surface area contributed by atoms with Crippen LogP contribution in [0, 0.1) is 23.7 Å². The largest absolute Gasteiger partial charge is 0.429 e. The molecule has 0 N–H and O–H groups in total. The number of fused-ring (bicyclic) bond motifs is 3. The van der Waals surface area contributed by atoms with Gasteiger partial charge < -0.3 is 9.47 Å². The Kier molecular flexibility index (Phi) is 5.70. The quantitative estimate of drug-likeness (QED) is 0.274. The summed E-state index contributed by atoms with van der Waals surface area (Å²) in [5.74, 6) is -1.19. The van der Waals surface area contributed by atoms with Crippen LogP contribution < -0.4 is 0 Å². The highest BCUT2D eigenvalue weighted by atomic mass is 19.4. The molecule has 0 aromatic rings. The van der Waals surface area contributed by atoms with E-state index in [2.05, 4.69) is 4.74 Å². The van der Waals surface area contributed by atoms with E-state index in [9.17, 15) is 26.3 Å². The molecule has 4 aliphatic carbocycles. The van der Waals surface area contributed by atoms with E-state index in [4.69, 9.17) is 4.74 Å². The van der Waals surface area contributed by atoms with Crippen LogP contribution in [0.1, 0.15) is 57.8 Å². The van der Waals surface area contributed by atoms with Gasteiger partial charge in [-0.15, -0.1) is 0 Å². The zero-order valence-electron chi connectivity index (χ0n) is 16.6. The van der Waals surface area contributed by atoms with E-state index in [-0.39, 0.29) is 6.42 Å². The molecule has 0 saturated heterocycles. The van der Waals surface area contributed by atoms with Gasteiger partial charge in [-0.2, -0.15) is 26.3 Å². The first-order chi connectivity index (χ1) is 14.0. The summed E-state index contributed by atoms with van der Waals surface area (Å²) in [7, 11) is 0. The summed E-state index contributed by atoms with van der Waals surface area (Å²) in [5, 5.41) is 0. The van der Waals surface area contributed by atoms with E-state index >= 15 is 4.39 Å². The highest BCUT2D eigenvalue weighted by molar-refractivity contribution is 5.26. The number of ether oxygens (including phenoxy) is 2. The van der Waals surface area contributed by atoms with Crippen molar-refractivity contribution in [1.29, 1.82) is 0 Å². The van der Waals surface area contributed by atoms with Crippen molar-refractivity contribution in [3.63, 3.8) is 0 Å². The minimum absolute atomic E-state index is 0.0691. The second kappa shape index (κ2) is 7.64. The van der Waals surface area contributed by atoms with E-state index in [0.717, 1.165) is 38.2 Å². The van der Waals surface area contributed by atoms with Crippen molar-refractivity contribution >= 4 is 0 Å². The molecule has 0 amide bonds. The Hall–Kier alpha value is -0.830. The molecule has 2 nitrogen and oxygen atoms in total. The number of rotatable bonds is 5. The normalized spacial score (nSPS) is 39.4. The SMILES string of the molecule is FC(F)(F)C(OCOC1CCC2CCCCC2C1)(C(F)(F)F)C1(F)CC2C=CC1C2. The maximum Gasteiger partial charge on any atom is 0.429 e. The van der Waals surface area contributed by atoms with Crippen LogP contribution in [-0.4, -0.2) is 36.5 Å². The second-order valence-electron chi connectivity index (χ2n) is 9.40. The Morgan fingerprint density at radius 1 is 0.833 bits per heavy atom. The molecule has 172 valence electrons. The van der Waals surface area contributed by atoms with Crippen LogP contribution in [0.15, 0.2) is 12.2 Å². The van der Waals surface area contributed by atoms with Gasteiger partial charge >= 0.3 is 12.4 Å². The monoisotopic (exact) mass is 444 g/mol. The van der Waals surface area contributed by atoms with Gasteiger partial charge in [0.2, 0.25) is 0 Å². The Labute approximate surface area is 171 Å². The van der Waals surface area contributed by atoms with E-state index in [0.29, 0.717) is 24.7 Å². The summed E-state index contributed by atoms with van der Waals surface area (Å²) in [5.41, 5.74) is -8.51. The molecule has 0 spiro atoms. The van der Waals surface area contributed by atoms with Crippen LogP contribution in [0.4, 0.5) is 30.7 Å². The van der Waals surface area contributed by atoms with Crippen LogP contribution in [0.5, 0.6) is 0 Å². The molecule has 4 aliphatic rings. The summed E-state index contributed by atoms with van der Waals surface area (Å²) in [4.78, 5) is 0. The molecule has 0 radical (unpaired) electrons. The maximum absolute atomic E-state index is 15.6. The Bertz CT molecular complexity index is 645. The van der Waals surface area contributed by atoms with Crippen molar-refractivity contribution in [1.82, 2.24) is 0 Å². The molecule has 0 aromatic carbocycles. The van der Waals surface area contributed by atoms with Crippen molar-refractivity contribution in [2.45, 2.75) is 87.5 Å². The predicted molar refractivity (Wildman–Crippen MR) is 94.2 cm³/mol. The first-order valence-electron chi connectivity index (χ1n) is 10.7. The molecule has 0 aromatic heterocycles. The van der Waals surface area contributed by atoms with Gasteiger partial charge in [0.15, 0.2) is 5.67 Å². The number of hydrogen-bond donors (Lipinski definition) is 0. The number of hydrogen-bond acceptors (Lipinski definition) is 2. The first-order valence-corrected chi connectivity index (χ1v) is 10.7. The van der Waals surface area contributed by atoms with Crippen LogP contribution >= 0.6 is 0 Å². The molecule has 6 atom stereocenters. The molecule has 9 heteroatoms. The lowest BCUT2D eigenvalue weighted by atomic mass is 9.70. The van der Waals surface area contributed by atoms with Gasteiger partial charge in [0.1, 0.15) is 6.79 Å². The fourth-order valence-corrected chi connectivity index (χ4v) is 6.32. The highest BCUT2D eigenvalue weighted by Crippen LogP contribution is 2.63. The third-order valence-electron chi connectivity index (χ3n) is 7.77. The fourth-order valence-electron chi connectivity index (χ4n) is 6.32. The van der Waals surface area contributed by atoms with Crippen LogP contribution in [-0.2, 0) is 9.47 Å². The molecule has 0 aliphatic heterocycles. The van der Waals surface area contributed by atoms with Gasteiger partial charge in [0.05, 0.1) is 6.10 Å². The van der Waals surface area contributed by atoms with Crippen LogP contribution in [0.25, 0.3) is 0 Å². The first kappa shape index (κ1) is 22.4. The molecular formula is C21H27F7O2. The fraction of sp³-hybridized carbons (Fsp3) is 0.905. The average Bonchev–Trinajstić information content (AvgIpc) is 3.24. The second-order valence-corrected chi connectivity index (χ2v) is 9.40. The molecule has 6 unspecified atom stereocenters. The van der Waals surface area contributed by atoms with Crippen molar-refractivity contribution < 1.29 is 40.2 Å². The standard InChI is InChI=1S/C21H27F7O2/c22-18(11-13-5-7-16(18)9-13)19(20(23,24)25,21(26,27)28)30-12-29-17-8-6-14-3-1-2-4-15(14)10-17/h5,7,13-17H,1-4,6,8-12H2. The molecular weight excluding hydrogens is 417 g/mol. The van der Waals surface area contributed by atoms with Gasteiger partial charge in [0.25, 0.3) is 5.60 Å². The van der Waals surface area contributed by atoms with Gasteiger partial charge in [0, 0.05) is 5.92 Å². The molecule has 0 heterocycles. The Balaban J connectivity index is 1.50. The third-order valence-corrected chi connectivity index (χ3v) is 7.77. The zero-order valence-corrected chi connectivity index (χ0v) is 16.6. The van der Waals surface area contributed by atoms with E-state index < -0.39 is 54.8 Å². The number of alkyl halides is 7. The molecule has 2 bridgehead atoms. The van der Waals surface area contributed by atoms with Crippen molar-refractivity contribution in [3.8, 4) is 0 Å². The lowest BCUT2D eigenvalue weighted by Gasteiger charge is -2.47. The van der Waals surface area contributed by atoms with Crippen molar-refractivity contribution in [3.05, 3.63) is 12.2 Å². The summed E-state index contributed by atoms with van der Waals surface area (Å²) < 4.78 is 109. The van der Waals surface area contributed by atoms with E-state index in [1.54, 1.807) is 0 Å². The summed E-state index contributed by atoms with van der Waals surface area (Å²) in [6.07, 6.45) is -4.35. The lowest BCUT2D eigenvalue weighted by Crippen LogP contribution is -2.72. The van der Waals surface area contributed by atoms with Gasteiger partial charge in [-0.3, -0.25) is 0 Å². The molecule has 3 saturated carbocycles. The number of halogens is 7. The zero-order chi connectivity index (χ0) is 21.8. The number of allylic oxidation sites excluding steroid dienone is 2. The summed E-state index contributed by atoms with van der Waals surface area (Å²) >= 11 is 0. The molecule has 4 rings (SSSR count).